The Kier molecular flexibility index (Phi) is 12.0. The zero-order chi connectivity index (χ0) is 46.7. The van der Waals surface area contributed by atoms with Crippen LogP contribution in [0.5, 0.6) is 11.5 Å². The summed E-state index contributed by atoms with van der Waals surface area (Å²) in [5.74, 6) is -0.970. The Morgan fingerprint density at radius 3 is 1.89 bits per heavy atom. The van der Waals surface area contributed by atoms with Crippen molar-refractivity contribution >= 4 is 124 Å². The topological polar surface area (TPSA) is 357 Å². The maximum absolute atomic E-state index is 12.5. The Hall–Kier alpha value is -6.23. The van der Waals surface area contributed by atoms with Gasteiger partial charge in [-0.3, -0.25) is 18.2 Å². The number of hydrogen-bond acceptors (Lipinski definition) is 15. The van der Waals surface area contributed by atoms with E-state index >= 15 is 0 Å². The highest BCUT2D eigenvalue weighted by atomic mass is 35.5. The zero-order valence-corrected chi connectivity index (χ0v) is 36.6. The summed E-state index contributed by atoms with van der Waals surface area (Å²) in [4.78, 5) is -0.623. The highest BCUT2D eigenvalue weighted by molar-refractivity contribution is 7.86. The van der Waals surface area contributed by atoms with Crippen molar-refractivity contribution in [1.82, 2.24) is 0 Å². The van der Waals surface area contributed by atoms with Gasteiger partial charge in [0.25, 0.3) is 30.4 Å². The fourth-order valence-corrected chi connectivity index (χ4v) is 9.65. The number of halogens is 1. The third-order valence-corrected chi connectivity index (χ3v) is 13.9. The second-order valence-corrected chi connectivity index (χ2v) is 20.2. The minimum atomic E-state index is -5.12. The highest BCUT2D eigenvalue weighted by Crippen LogP contribution is 2.39. The molecule has 0 fully saturated rings. The van der Waals surface area contributed by atoms with Gasteiger partial charge in [-0.15, -0.1) is 0 Å². The Morgan fingerprint density at radius 2 is 1.23 bits per heavy atom. The molecule has 15 N–H and O–H groups in total. The molecule has 26 heteroatoms. The summed E-state index contributed by atoms with van der Waals surface area (Å²) in [5, 5.41) is 26.4. The van der Waals surface area contributed by atoms with Gasteiger partial charge in [0.05, 0.1) is 34.3 Å². The molecule has 336 valence electrons. The first kappa shape index (κ1) is 45.8. The Morgan fingerprint density at radius 1 is 0.609 bits per heavy atom. The third kappa shape index (κ3) is 9.35. The highest BCUT2D eigenvalue weighted by Gasteiger charge is 2.28. The molecule has 0 aliphatic rings. The SMILES string of the molecule is CN(CNc1cc(Cl)c([NH2+]Nc2ccc(N[NH2+]c3c(S(=O)(=O)O)cc4cc(S(=O)(=O)O)c(N)cc4c3O)c3cc(S(=O)(=O)O)ccc23)cc1O)c1ccc2c(S(=O)(=O)O)cccc2c1. The Balaban J connectivity index is 1.13. The lowest BCUT2D eigenvalue weighted by Gasteiger charge is -2.22. The summed E-state index contributed by atoms with van der Waals surface area (Å²) in [5.41, 5.74) is 14.7. The molecule has 0 aliphatic carbocycles. The van der Waals surface area contributed by atoms with E-state index in [4.69, 9.17) is 17.3 Å². The lowest BCUT2D eigenvalue weighted by atomic mass is 10.1. The number of nitrogens with zero attached hydrogens (tertiary/aromatic N) is 1. The molecule has 0 aromatic heterocycles. The van der Waals surface area contributed by atoms with Crippen molar-refractivity contribution in [3.63, 3.8) is 0 Å². The number of phenols is 2. The van der Waals surface area contributed by atoms with Crippen LogP contribution in [0.2, 0.25) is 5.02 Å². The van der Waals surface area contributed by atoms with Crippen LogP contribution in [0.15, 0.2) is 117 Å². The number of nitrogen functional groups attached to an aromatic ring is 3. The van der Waals surface area contributed by atoms with Gasteiger partial charge in [-0.05, 0) is 77.5 Å². The number of quaternary nitrogens is 2. The molecule has 0 spiro atoms. The molecule has 0 heterocycles. The van der Waals surface area contributed by atoms with Crippen molar-refractivity contribution < 1.29 is 72.9 Å². The molecule has 0 saturated heterocycles. The number of benzene rings is 7. The molecule has 0 radical (unpaired) electrons. The minimum Gasteiger partial charge on any atom is -0.506 e. The van der Waals surface area contributed by atoms with E-state index in [-0.39, 0.29) is 49.9 Å². The average Bonchev–Trinajstić information content (AvgIpc) is 3.20. The molecular formula is C38H36ClN7O14S4+2. The summed E-state index contributed by atoms with van der Waals surface area (Å²) < 4.78 is 136. The monoisotopic (exact) mass is 977 g/mol. The number of aromatic hydroxyl groups is 2. The van der Waals surface area contributed by atoms with Crippen LogP contribution in [-0.2, 0) is 40.5 Å². The first-order valence-electron chi connectivity index (χ1n) is 18.1. The molecule has 0 amide bonds. The maximum atomic E-state index is 12.5. The van der Waals surface area contributed by atoms with Gasteiger partial charge in [0.15, 0.2) is 16.3 Å². The van der Waals surface area contributed by atoms with Crippen LogP contribution in [-0.4, -0.2) is 75.8 Å². The van der Waals surface area contributed by atoms with Crippen LogP contribution >= 0.6 is 11.6 Å². The predicted molar refractivity (Wildman–Crippen MR) is 238 cm³/mol. The summed E-state index contributed by atoms with van der Waals surface area (Å²) in [6.07, 6.45) is 0. The van der Waals surface area contributed by atoms with Gasteiger partial charge in [0, 0.05) is 40.3 Å². The van der Waals surface area contributed by atoms with E-state index in [1.54, 1.807) is 36.2 Å². The van der Waals surface area contributed by atoms with E-state index < -0.39 is 72.3 Å². The normalized spacial score (nSPS) is 12.5. The standard InChI is InChI=1S/C38H34ClN7O14S4/c1-46(21-5-7-23-19(11-21)3-2-4-34(23)62(52,53)54)18-41-32-16-27(39)31(17-33(32)47)44-42-29-9-10-30(26-14-22(61(49,50)51)6-8-24(26)29)43-45-37-36(64(58,59)60)13-20-12-35(63(55,56)57)28(40)15-25(20)38(37)48/h2-17,41-45,47-48H,18,40H2,1H3,(H,49,50,51)(H,52,53,54)(H,55,56,57)(H,58,59,60)/p+2. The first-order chi connectivity index (χ1) is 29.8. The quantitative estimate of drug-likeness (QED) is 0.0184. The first-order valence-corrected chi connectivity index (χ1v) is 24.2. The van der Waals surface area contributed by atoms with E-state index in [9.17, 15) is 62.1 Å². The summed E-state index contributed by atoms with van der Waals surface area (Å²) in [6.45, 7) is 0.161. The van der Waals surface area contributed by atoms with Gasteiger partial charge in [0.1, 0.15) is 20.6 Å². The van der Waals surface area contributed by atoms with Crippen molar-refractivity contribution in [2.75, 3.05) is 40.5 Å². The minimum absolute atomic E-state index is 0.0932. The van der Waals surface area contributed by atoms with Crippen molar-refractivity contribution in [3.05, 3.63) is 102 Å². The van der Waals surface area contributed by atoms with E-state index in [1.807, 2.05) is 0 Å². The summed E-state index contributed by atoms with van der Waals surface area (Å²) in [7, 11) is -17.4. The van der Waals surface area contributed by atoms with Crippen molar-refractivity contribution in [1.29, 1.82) is 0 Å². The lowest BCUT2D eigenvalue weighted by Crippen LogP contribution is -2.83. The van der Waals surface area contributed by atoms with Gasteiger partial charge >= 0.3 is 10.1 Å². The van der Waals surface area contributed by atoms with Crippen LogP contribution in [0.1, 0.15) is 0 Å². The molecule has 0 unspecified atom stereocenters. The Bertz CT molecular complexity index is 3550. The second-order valence-electron chi connectivity index (χ2n) is 14.2. The molecule has 7 aromatic rings. The second kappa shape index (κ2) is 16.7. The van der Waals surface area contributed by atoms with Crippen LogP contribution in [0.25, 0.3) is 32.3 Å². The van der Waals surface area contributed by atoms with Crippen LogP contribution in [0.3, 0.4) is 0 Å². The van der Waals surface area contributed by atoms with Crippen molar-refractivity contribution in [2.45, 2.75) is 19.6 Å². The number of nitrogens with one attached hydrogen (secondary N) is 3. The van der Waals surface area contributed by atoms with Gasteiger partial charge in [-0.1, -0.05) is 35.9 Å². The molecule has 21 nitrogen and oxygen atoms in total. The van der Waals surface area contributed by atoms with Crippen molar-refractivity contribution in [3.8, 4) is 11.5 Å². The number of fused-ring (bicyclic) bond motifs is 3. The van der Waals surface area contributed by atoms with Gasteiger partial charge in [-0.2, -0.15) is 33.7 Å². The number of nitrogens with two attached hydrogens (primary N) is 3. The molecule has 0 saturated carbocycles. The van der Waals surface area contributed by atoms with E-state index in [0.717, 1.165) is 35.8 Å². The third-order valence-electron chi connectivity index (χ3n) is 10.0. The van der Waals surface area contributed by atoms with Crippen molar-refractivity contribution in [2.24, 2.45) is 0 Å². The molecule has 64 heavy (non-hydrogen) atoms. The number of anilines is 5. The largest absolute Gasteiger partial charge is 0.506 e. The van der Waals surface area contributed by atoms with E-state index in [2.05, 4.69) is 16.2 Å². The average molecular weight is 978 g/mol. The number of hydrogen-bond donors (Lipinski definition) is 12. The fraction of sp³-hybridized carbons (Fsp3) is 0.0526. The molecule has 7 rings (SSSR count). The summed E-state index contributed by atoms with van der Waals surface area (Å²) in [6, 6.07) is 21.5. The lowest BCUT2D eigenvalue weighted by molar-refractivity contribution is -0.541. The number of rotatable bonds is 14. The molecular weight excluding hydrogens is 942 g/mol. The fourth-order valence-electron chi connectivity index (χ4n) is 6.87. The zero-order valence-electron chi connectivity index (χ0n) is 32.6. The molecule has 0 bridgehead atoms. The van der Waals surface area contributed by atoms with Crippen LogP contribution < -0.4 is 37.7 Å². The van der Waals surface area contributed by atoms with Gasteiger partial charge in [0.2, 0.25) is 5.69 Å². The van der Waals surface area contributed by atoms with Gasteiger partial charge in [-0.25, -0.2) is 21.7 Å². The molecule has 0 atom stereocenters. The van der Waals surface area contributed by atoms with Crippen LogP contribution in [0, 0.1) is 0 Å². The summed E-state index contributed by atoms with van der Waals surface area (Å²) >= 11 is 6.62. The van der Waals surface area contributed by atoms with Gasteiger partial charge < -0.3 is 26.2 Å². The Labute approximate surface area is 369 Å². The van der Waals surface area contributed by atoms with Crippen LogP contribution in [0.4, 0.5) is 39.8 Å². The van der Waals surface area contributed by atoms with E-state index in [1.165, 1.54) is 47.9 Å². The molecule has 7 aromatic carbocycles. The predicted octanol–water partition coefficient (Wildman–Crippen LogP) is 3.73. The molecule has 0 aliphatic heterocycles. The van der Waals surface area contributed by atoms with E-state index in [0.29, 0.717) is 33.2 Å². The number of phenolic OH excluding ortho intramolecular Hbond substituents is 2. The maximum Gasteiger partial charge on any atom is 0.300 e. The smallest absolute Gasteiger partial charge is 0.300 e.